The minimum Gasteiger partial charge on any atom is -0.348 e. The standard InChI is InChI=1S/C18H24N4O2.ClH/c1-2-4-14-16-13(17(23)20-12-5-3-8-19-10-12)9-15(11-6-7-11)21-18(16)24-22-14;/h9,11-12,19H,2-8,10H2,1H3,(H,20,23);1H/t12-;/m0./s1. The summed E-state index contributed by atoms with van der Waals surface area (Å²) in [4.78, 5) is 17.5. The molecule has 2 aliphatic rings. The third-order valence-electron chi connectivity index (χ3n) is 4.90. The summed E-state index contributed by atoms with van der Waals surface area (Å²) < 4.78 is 5.45. The van der Waals surface area contributed by atoms with Gasteiger partial charge in [-0.1, -0.05) is 18.5 Å². The number of nitrogens with zero attached hydrogens (tertiary/aromatic N) is 2. The van der Waals surface area contributed by atoms with Gasteiger partial charge in [-0.25, -0.2) is 4.98 Å². The Hall–Kier alpha value is -1.66. The van der Waals surface area contributed by atoms with Gasteiger partial charge in [-0.2, -0.15) is 0 Å². The van der Waals surface area contributed by atoms with Gasteiger partial charge in [-0.3, -0.25) is 4.79 Å². The number of rotatable bonds is 5. The molecule has 2 aromatic heterocycles. The van der Waals surface area contributed by atoms with Gasteiger partial charge in [0, 0.05) is 24.2 Å². The topological polar surface area (TPSA) is 80.0 Å². The van der Waals surface area contributed by atoms with E-state index in [1.807, 2.05) is 6.07 Å². The normalized spacial score (nSPS) is 20.3. The maximum Gasteiger partial charge on any atom is 0.259 e. The summed E-state index contributed by atoms with van der Waals surface area (Å²) in [5.41, 5.74) is 3.00. The fourth-order valence-electron chi connectivity index (χ4n) is 3.44. The maximum absolute atomic E-state index is 12.9. The zero-order chi connectivity index (χ0) is 16.5. The minimum atomic E-state index is -0.0291. The fourth-order valence-corrected chi connectivity index (χ4v) is 3.44. The summed E-state index contributed by atoms with van der Waals surface area (Å²) in [6.45, 7) is 3.96. The second-order valence-corrected chi connectivity index (χ2v) is 6.95. The molecule has 136 valence electrons. The summed E-state index contributed by atoms with van der Waals surface area (Å²) in [5.74, 6) is 0.440. The molecule has 1 atom stereocenters. The fraction of sp³-hybridized carbons (Fsp3) is 0.611. The van der Waals surface area contributed by atoms with Crippen LogP contribution in [0.25, 0.3) is 11.1 Å². The summed E-state index contributed by atoms with van der Waals surface area (Å²) in [7, 11) is 0. The first kappa shape index (κ1) is 18.1. The molecular weight excluding hydrogens is 340 g/mol. The molecule has 25 heavy (non-hydrogen) atoms. The van der Waals surface area contributed by atoms with Gasteiger partial charge in [0.25, 0.3) is 11.6 Å². The highest BCUT2D eigenvalue weighted by molar-refractivity contribution is 6.06. The number of piperidine rings is 1. The minimum absolute atomic E-state index is 0. The second-order valence-electron chi connectivity index (χ2n) is 6.95. The Morgan fingerprint density at radius 2 is 2.24 bits per heavy atom. The van der Waals surface area contributed by atoms with Gasteiger partial charge in [0.2, 0.25) is 0 Å². The Bertz CT molecular complexity index is 751. The predicted molar refractivity (Wildman–Crippen MR) is 98.4 cm³/mol. The first-order chi connectivity index (χ1) is 11.8. The van der Waals surface area contributed by atoms with E-state index in [4.69, 9.17) is 4.52 Å². The molecule has 2 N–H and O–H groups in total. The van der Waals surface area contributed by atoms with Crippen LogP contribution in [0.3, 0.4) is 0 Å². The number of carbonyl (C=O) groups is 1. The van der Waals surface area contributed by atoms with Gasteiger partial charge in [0.1, 0.15) is 0 Å². The van der Waals surface area contributed by atoms with Crippen molar-refractivity contribution in [3.63, 3.8) is 0 Å². The molecule has 1 aliphatic heterocycles. The van der Waals surface area contributed by atoms with Crippen LogP contribution in [0.1, 0.15) is 66.7 Å². The average Bonchev–Trinajstić information content (AvgIpc) is 3.38. The number of fused-ring (bicyclic) bond motifs is 1. The Labute approximate surface area is 153 Å². The van der Waals surface area contributed by atoms with Crippen molar-refractivity contribution in [1.82, 2.24) is 20.8 Å². The van der Waals surface area contributed by atoms with Crippen LogP contribution in [0, 0.1) is 0 Å². The molecular formula is C18H25ClN4O2. The van der Waals surface area contributed by atoms with Crippen molar-refractivity contribution >= 4 is 29.4 Å². The van der Waals surface area contributed by atoms with E-state index in [2.05, 4.69) is 27.7 Å². The molecule has 3 heterocycles. The Morgan fingerprint density at radius 1 is 1.40 bits per heavy atom. The lowest BCUT2D eigenvalue weighted by molar-refractivity contribution is 0.0932. The van der Waals surface area contributed by atoms with E-state index in [1.165, 1.54) is 0 Å². The molecule has 0 bridgehead atoms. The molecule has 1 saturated heterocycles. The van der Waals surface area contributed by atoms with Crippen LogP contribution in [-0.4, -0.2) is 35.2 Å². The molecule has 2 fully saturated rings. The first-order valence-electron chi connectivity index (χ1n) is 9.07. The molecule has 4 rings (SSSR count). The maximum atomic E-state index is 12.9. The Morgan fingerprint density at radius 3 is 2.92 bits per heavy atom. The molecule has 0 radical (unpaired) electrons. The average molecular weight is 365 g/mol. The van der Waals surface area contributed by atoms with E-state index >= 15 is 0 Å². The van der Waals surface area contributed by atoms with Crippen molar-refractivity contribution in [2.45, 2.75) is 57.4 Å². The highest BCUT2D eigenvalue weighted by Crippen LogP contribution is 2.40. The van der Waals surface area contributed by atoms with Crippen molar-refractivity contribution in [2.24, 2.45) is 0 Å². The first-order valence-corrected chi connectivity index (χ1v) is 9.07. The van der Waals surface area contributed by atoms with Gasteiger partial charge in [-0.15, -0.1) is 12.4 Å². The van der Waals surface area contributed by atoms with Crippen molar-refractivity contribution < 1.29 is 9.32 Å². The molecule has 6 nitrogen and oxygen atoms in total. The zero-order valence-corrected chi connectivity index (χ0v) is 15.3. The van der Waals surface area contributed by atoms with E-state index in [1.54, 1.807) is 0 Å². The van der Waals surface area contributed by atoms with Crippen molar-refractivity contribution in [3.8, 4) is 0 Å². The molecule has 1 aliphatic carbocycles. The van der Waals surface area contributed by atoms with E-state index in [-0.39, 0.29) is 24.4 Å². The smallest absolute Gasteiger partial charge is 0.259 e. The SMILES string of the molecule is CCCc1noc2nc(C3CC3)cc(C(=O)N[C@H]3CCCNC3)c12.Cl. The number of hydrogen-bond donors (Lipinski definition) is 2. The van der Waals surface area contributed by atoms with Crippen LogP contribution >= 0.6 is 12.4 Å². The number of aryl methyl sites for hydroxylation is 1. The number of aromatic nitrogens is 2. The summed E-state index contributed by atoms with van der Waals surface area (Å²) in [6, 6.07) is 2.15. The van der Waals surface area contributed by atoms with Crippen molar-refractivity contribution in [2.75, 3.05) is 13.1 Å². The highest BCUT2D eigenvalue weighted by atomic mass is 35.5. The lowest BCUT2D eigenvalue weighted by Gasteiger charge is -2.24. The number of pyridine rings is 1. The van der Waals surface area contributed by atoms with Crippen LogP contribution in [0.5, 0.6) is 0 Å². The van der Waals surface area contributed by atoms with E-state index < -0.39 is 0 Å². The van der Waals surface area contributed by atoms with Crippen molar-refractivity contribution in [3.05, 3.63) is 23.0 Å². The zero-order valence-electron chi connectivity index (χ0n) is 14.5. The number of carbonyl (C=O) groups excluding carboxylic acids is 1. The molecule has 1 saturated carbocycles. The quantitative estimate of drug-likeness (QED) is 0.852. The third kappa shape index (κ3) is 3.80. The highest BCUT2D eigenvalue weighted by Gasteiger charge is 2.29. The number of hydrogen-bond acceptors (Lipinski definition) is 5. The molecule has 7 heteroatoms. The number of halogens is 1. The summed E-state index contributed by atoms with van der Waals surface area (Å²) in [6.07, 6.45) is 6.15. The Balaban J connectivity index is 0.00000182. The van der Waals surface area contributed by atoms with Crippen LogP contribution in [0.2, 0.25) is 0 Å². The van der Waals surface area contributed by atoms with Crippen LogP contribution in [0.4, 0.5) is 0 Å². The number of amides is 1. The summed E-state index contributed by atoms with van der Waals surface area (Å²) in [5, 5.41) is 11.5. The van der Waals surface area contributed by atoms with Crippen LogP contribution in [0.15, 0.2) is 10.6 Å². The van der Waals surface area contributed by atoms with Gasteiger partial charge < -0.3 is 15.2 Å². The molecule has 0 spiro atoms. The van der Waals surface area contributed by atoms with E-state index in [0.29, 0.717) is 17.2 Å². The molecule has 0 unspecified atom stereocenters. The van der Waals surface area contributed by atoms with Gasteiger partial charge in [0.15, 0.2) is 0 Å². The monoisotopic (exact) mass is 364 g/mol. The predicted octanol–water partition coefficient (Wildman–Crippen LogP) is 2.96. The van der Waals surface area contributed by atoms with Gasteiger partial charge in [-0.05, 0) is 44.7 Å². The molecule has 1 amide bonds. The Kier molecular flexibility index (Phi) is 5.59. The third-order valence-corrected chi connectivity index (χ3v) is 4.90. The number of nitrogens with one attached hydrogen (secondary N) is 2. The van der Waals surface area contributed by atoms with E-state index in [9.17, 15) is 4.79 Å². The summed E-state index contributed by atoms with van der Waals surface area (Å²) >= 11 is 0. The lowest BCUT2D eigenvalue weighted by Crippen LogP contribution is -2.45. The molecule has 0 aromatic carbocycles. The van der Waals surface area contributed by atoms with Gasteiger partial charge >= 0.3 is 0 Å². The van der Waals surface area contributed by atoms with Crippen molar-refractivity contribution in [1.29, 1.82) is 0 Å². The largest absolute Gasteiger partial charge is 0.348 e. The van der Waals surface area contributed by atoms with Crippen LogP contribution in [-0.2, 0) is 6.42 Å². The van der Waals surface area contributed by atoms with Gasteiger partial charge in [0.05, 0.1) is 16.6 Å². The van der Waals surface area contributed by atoms with E-state index in [0.717, 1.165) is 68.4 Å². The van der Waals surface area contributed by atoms with Crippen LogP contribution < -0.4 is 10.6 Å². The molecule has 2 aromatic rings. The lowest BCUT2D eigenvalue weighted by atomic mass is 10.0. The second kappa shape index (κ2) is 7.70.